The average Bonchev–Trinajstić information content (AvgIpc) is 3.31. The summed E-state index contributed by atoms with van der Waals surface area (Å²) < 4.78 is 33.7. The van der Waals surface area contributed by atoms with Crippen LogP contribution >= 0.6 is 11.3 Å². The molecule has 0 bridgehead atoms. The van der Waals surface area contributed by atoms with Gasteiger partial charge in [0.15, 0.2) is 0 Å². The number of ether oxygens (including phenoxy) is 1. The number of aromatic nitrogens is 1. The van der Waals surface area contributed by atoms with Gasteiger partial charge in [-0.05, 0) is 46.0 Å². The van der Waals surface area contributed by atoms with Crippen molar-refractivity contribution in [2.24, 2.45) is 0 Å². The Balaban J connectivity index is 1.68. The van der Waals surface area contributed by atoms with Crippen molar-refractivity contribution in [3.63, 3.8) is 0 Å². The van der Waals surface area contributed by atoms with E-state index >= 15 is 0 Å². The van der Waals surface area contributed by atoms with Crippen LogP contribution < -0.4 is 9.46 Å². The first kappa shape index (κ1) is 22.9. The molecule has 1 amide bonds. The van der Waals surface area contributed by atoms with E-state index in [0.29, 0.717) is 0 Å². The van der Waals surface area contributed by atoms with Gasteiger partial charge in [-0.15, -0.1) is 11.3 Å². The Morgan fingerprint density at radius 1 is 1.06 bits per heavy atom. The highest BCUT2D eigenvalue weighted by molar-refractivity contribution is 7.90. The Labute approximate surface area is 197 Å². The van der Waals surface area contributed by atoms with Crippen LogP contribution in [0.3, 0.4) is 0 Å². The quantitative estimate of drug-likeness (QED) is 0.414. The fourth-order valence-electron chi connectivity index (χ4n) is 3.56. The van der Waals surface area contributed by atoms with Gasteiger partial charge in [0.2, 0.25) is 0 Å². The monoisotopic (exact) mass is 480 g/mol. The third-order valence-electron chi connectivity index (χ3n) is 5.35. The zero-order chi connectivity index (χ0) is 23.8. The van der Waals surface area contributed by atoms with Crippen LogP contribution in [0.25, 0.3) is 21.3 Å². The van der Waals surface area contributed by atoms with Crippen LogP contribution in [-0.4, -0.2) is 26.4 Å². The highest BCUT2D eigenvalue weighted by Gasteiger charge is 2.26. The molecule has 0 saturated heterocycles. The van der Waals surface area contributed by atoms with Crippen molar-refractivity contribution < 1.29 is 17.9 Å². The maximum Gasteiger partial charge on any atom is 0.268 e. The first-order chi connectivity index (χ1) is 15.6. The number of nitrogens with zero attached hydrogens (tertiary/aromatic N) is 1. The van der Waals surface area contributed by atoms with Gasteiger partial charge in [-0.25, -0.2) is 18.1 Å². The number of amides is 1. The van der Waals surface area contributed by atoms with E-state index in [2.05, 4.69) is 9.71 Å². The van der Waals surface area contributed by atoms with E-state index in [0.717, 1.165) is 26.9 Å². The van der Waals surface area contributed by atoms with Crippen molar-refractivity contribution in [1.29, 1.82) is 0 Å². The summed E-state index contributed by atoms with van der Waals surface area (Å²) in [5, 5.41) is 4.54. The van der Waals surface area contributed by atoms with Crippen LogP contribution in [0.5, 0.6) is 5.75 Å². The van der Waals surface area contributed by atoms with Gasteiger partial charge in [0, 0.05) is 22.7 Å². The van der Waals surface area contributed by atoms with Crippen molar-refractivity contribution in [2.45, 2.75) is 31.1 Å². The summed E-state index contributed by atoms with van der Waals surface area (Å²) in [6.45, 7) is 5.95. The lowest BCUT2D eigenvalue weighted by atomic mass is 9.87. The highest BCUT2D eigenvalue weighted by atomic mass is 32.2. The fourth-order valence-corrected chi connectivity index (χ4v) is 5.40. The molecular formula is C25H24N2O4S2. The number of nitrogens with one attached hydrogen (secondary N) is 1. The van der Waals surface area contributed by atoms with Crippen LogP contribution in [0.1, 0.15) is 36.7 Å². The molecule has 0 aliphatic carbocycles. The van der Waals surface area contributed by atoms with Crippen LogP contribution in [0.15, 0.2) is 71.1 Å². The number of sulfonamides is 1. The molecular weight excluding hydrogens is 456 g/mol. The predicted octanol–water partition coefficient (Wildman–Crippen LogP) is 5.39. The van der Waals surface area contributed by atoms with Crippen molar-refractivity contribution in [3.8, 4) is 16.3 Å². The van der Waals surface area contributed by atoms with Gasteiger partial charge in [-0.3, -0.25) is 4.79 Å². The summed E-state index contributed by atoms with van der Waals surface area (Å²) >= 11 is 1.53. The van der Waals surface area contributed by atoms with E-state index in [1.165, 1.54) is 18.4 Å². The minimum Gasteiger partial charge on any atom is -0.495 e. The number of thiazole rings is 1. The average molecular weight is 481 g/mol. The van der Waals surface area contributed by atoms with Gasteiger partial charge in [0.05, 0.1) is 7.11 Å². The summed E-state index contributed by atoms with van der Waals surface area (Å²) in [6.07, 6.45) is 1.74. The molecule has 0 fully saturated rings. The molecule has 3 aromatic carbocycles. The standard InChI is InChI=1S/C25H24N2O4S2/c1-25(2,3)18-9-11-21(31-4)22(15-18)33(29,30)27-23(28)17-8-10-19-16(14-17)6-5-7-20(19)24-26-12-13-32-24/h5-15H,1-4H3,(H,27,28). The SMILES string of the molecule is COc1ccc(C(C)(C)C)cc1S(=O)(=O)NC(=O)c1ccc2c(-c3nccs3)cccc2c1. The molecule has 0 aliphatic heterocycles. The highest BCUT2D eigenvalue weighted by Crippen LogP contribution is 2.32. The number of hydrogen-bond acceptors (Lipinski definition) is 6. The molecule has 1 N–H and O–H groups in total. The zero-order valence-electron chi connectivity index (χ0n) is 18.7. The fraction of sp³-hybridized carbons (Fsp3) is 0.200. The molecule has 0 radical (unpaired) electrons. The number of fused-ring (bicyclic) bond motifs is 1. The van der Waals surface area contributed by atoms with Gasteiger partial charge in [-0.2, -0.15) is 0 Å². The third-order valence-corrected chi connectivity index (χ3v) is 7.51. The topological polar surface area (TPSA) is 85.4 Å². The molecule has 1 aromatic heterocycles. The van der Waals surface area contributed by atoms with E-state index < -0.39 is 15.9 Å². The Morgan fingerprint density at radius 3 is 2.52 bits per heavy atom. The second kappa shape index (κ2) is 8.61. The number of hydrogen-bond donors (Lipinski definition) is 1. The largest absolute Gasteiger partial charge is 0.495 e. The lowest BCUT2D eigenvalue weighted by molar-refractivity contribution is 0.0981. The second-order valence-corrected chi connectivity index (χ2v) is 11.2. The first-order valence-corrected chi connectivity index (χ1v) is 12.6. The van der Waals surface area contributed by atoms with Crippen LogP contribution in [0.4, 0.5) is 0 Å². The summed E-state index contributed by atoms with van der Waals surface area (Å²) in [6, 6.07) is 15.8. The molecule has 0 atom stereocenters. The van der Waals surface area contributed by atoms with Gasteiger partial charge < -0.3 is 4.74 Å². The predicted molar refractivity (Wildman–Crippen MR) is 131 cm³/mol. The zero-order valence-corrected chi connectivity index (χ0v) is 20.4. The van der Waals surface area contributed by atoms with Gasteiger partial charge >= 0.3 is 0 Å². The Hall–Kier alpha value is -3.23. The second-order valence-electron chi connectivity index (χ2n) is 8.63. The summed E-state index contributed by atoms with van der Waals surface area (Å²) in [4.78, 5) is 17.2. The summed E-state index contributed by atoms with van der Waals surface area (Å²) in [5.41, 5.74) is 1.75. The Bertz CT molecular complexity index is 1440. The number of carbonyl (C=O) groups excluding carboxylic acids is 1. The van der Waals surface area contributed by atoms with E-state index in [9.17, 15) is 13.2 Å². The van der Waals surface area contributed by atoms with E-state index in [-0.39, 0.29) is 21.6 Å². The Morgan fingerprint density at radius 2 is 1.85 bits per heavy atom. The maximum absolute atomic E-state index is 13.1. The normalized spacial score (nSPS) is 12.0. The van der Waals surface area contributed by atoms with E-state index in [1.807, 2.05) is 56.5 Å². The van der Waals surface area contributed by atoms with Crippen molar-refractivity contribution in [1.82, 2.24) is 9.71 Å². The molecule has 0 spiro atoms. The third kappa shape index (κ3) is 4.62. The molecule has 170 valence electrons. The molecule has 8 heteroatoms. The van der Waals surface area contributed by atoms with Crippen molar-refractivity contribution in [2.75, 3.05) is 7.11 Å². The molecule has 0 unspecified atom stereocenters. The van der Waals surface area contributed by atoms with Crippen molar-refractivity contribution in [3.05, 3.63) is 77.3 Å². The molecule has 6 nitrogen and oxygen atoms in total. The minimum atomic E-state index is -4.16. The summed E-state index contributed by atoms with van der Waals surface area (Å²) in [7, 11) is -2.76. The van der Waals surface area contributed by atoms with E-state index in [4.69, 9.17) is 4.74 Å². The number of benzene rings is 3. The molecule has 33 heavy (non-hydrogen) atoms. The van der Waals surface area contributed by atoms with Gasteiger partial charge in [0.1, 0.15) is 15.7 Å². The molecule has 0 saturated carbocycles. The molecule has 4 aromatic rings. The minimum absolute atomic E-state index is 0.0716. The van der Waals surface area contributed by atoms with E-state index in [1.54, 1.807) is 30.5 Å². The summed E-state index contributed by atoms with van der Waals surface area (Å²) in [5.74, 6) is -0.533. The van der Waals surface area contributed by atoms with Crippen LogP contribution in [-0.2, 0) is 15.4 Å². The lowest BCUT2D eigenvalue weighted by Gasteiger charge is -2.21. The first-order valence-electron chi connectivity index (χ1n) is 10.3. The van der Waals surface area contributed by atoms with Gasteiger partial charge in [-0.1, -0.05) is 51.1 Å². The van der Waals surface area contributed by atoms with Crippen LogP contribution in [0, 0.1) is 0 Å². The molecule has 4 rings (SSSR count). The number of methoxy groups -OCH3 is 1. The maximum atomic E-state index is 13.1. The number of rotatable bonds is 5. The molecule has 1 heterocycles. The van der Waals surface area contributed by atoms with Crippen molar-refractivity contribution >= 4 is 38.0 Å². The molecule has 0 aliphatic rings. The Kier molecular flexibility index (Phi) is 5.99. The lowest BCUT2D eigenvalue weighted by Crippen LogP contribution is -2.31. The smallest absolute Gasteiger partial charge is 0.268 e. The number of carbonyl (C=O) groups is 1. The van der Waals surface area contributed by atoms with Gasteiger partial charge in [0.25, 0.3) is 15.9 Å². The van der Waals surface area contributed by atoms with Crippen LogP contribution in [0.2, 0.25) is 0 Å².